The fraction of sp³-hybridized carbons (Fsp3) is 0.840. The van der Waals surface area contributed by atoms with E-state index in [0.717, 1.165) is 31.1 Å². The van der Waals surface area contributed by atoms with Gasteiger partial charge in [-0.05, 0) is 85.0 Å². The molecule has 1 heterocycles. The minimum atomic E-state index is -0.233. The lowest BCUT2D eigenvalue weighted by molar-refractivity contribution is -0.174. The zero-order valence-electron chi connectivity index (χ0n) is 17.8. The first-order valence-corrected chi connectivity index (χ1v) is 11.7. The van der Waals surface area contributed by atoms with Crippen LogP contribution in [0.5, 0.6) is 0 Å². The van der Waals surface area contributed by atoms with E-state index in [1.165, 1.54) is 24.8 Å². The van der Waals surface area contributed by atoms with Crippen LogP contribution >= 0.6 is 0 Å². The maximum absolute atomic E-state index is 12.2. The zero-order chi connectivity index (χ0) is 19.6. The molecule has 28 heavy (non-hydrogen) atoms. The lowest BCUT2D eigenvalue weighted by Crippen LogP contribution is -2.56. The highest BCUT2D eigenvalue weighted by Crippen LogP contribution is 2.77. The largest absolute Gasteiger partial charge is 0.458 e. The normalized spacial score (nSPS) is 59.1. The third-order valence-corrected chi connectivity index (χ3v) is 11.1. The summed E-state index contributed by atoms with van der Waals surface area (Å²) in [7, 11) is 0. The van der Waals surface area contributed by atoms with Crippen LogP contribution in [0.1, 0.15) is 72.6 Å². The van der Waals surface area contributed by atoms with Crippen molar-refractivity contribution in [2.75, 3.05) is 0 Å². The number of ether oxygens (including phenoxy) is 1. The van der Waals surface area contributed by atoms with Gasteiger partial charge < -0.3 is 4.74 Å². The van der Waals surface area contributed by atoms with Crippen molar-refractivity contribution in [1.82, 2.24) is 0 Å². The molecule has 1 aliphatic heterocycles. The summed E-state index contributed by atoms with van der Waals surface area (Å²) in [6, 6.07) is 0. The number of hydrogen-bond acceptors (Lipinski definition) is 3. The monoisotopic (exact) mass is 382 g/mol. The third-order valence-electron chi connectivity index (χ3n) is 11.1. The number of rotatable bonds is 0. The SMILES string of the molecule is CC1[C@@H](C)C2C3C4CC4C4=CC(=O)CCC4(C)C3CCC2(C)C12CCC(=O)O2. The van der Waals surface area contributed by atoms with Gasteiger partial charge in [-0.2, -0.15) is 0 Å². The molecule has 0 N–H and O–H groups in total. The van der Waals surface area contributed by atoms with Gasteiger partial charge in [0.25, 0.3) is 0 Å². The Morgan fingerprint density at radius 2 is 1.86 bits per heavy atom. The van der Waals surface area contributed by atoms with Crippen molar-refractivity contribution in [2.24, 2.45) is 52.3 Å². The van der Waals surface area contributed by atoms with E-state index in [2.05, 4.69) is 33.8 Å². The second-order valence-corrected chi connectivity index (χ2v) is 11.7. The van der Waals surface area contributed by atoms with Crippen molar-refractivity contribution in [1.29, 1.82) is 0 Å². The van der Waals surface area contributed by atoms with Gasteiger partial charge in [-0.15, -0.1) is 0 Å². The van der Waals surface area contributed by atoms with Gasteiger partial charge in [0, 0.05) is 18.3 Å². The van der Waals surface area contributed by atoms with Gasteiger partial charge in [0.05, 0.1) is 0 Å². The fourth-order valence-corrected chi connectivity index (χ4v) is 9.66. The molecule has 152 valence electrons. The Kier molecular flexibility index (Phi) is 3.25. The van der Waals surface area contributed by atoms with Gasteiger partial charge >= 0.3 is 5.97 Å². The molecule has 10 atom stereocenters. The summed E-state index contributed by atoms with van der Waals surface area (Å²) in [5.41, 5.74) is 1.62. The molecule has 0 radical (unpaired) electrons. The predicted molar refractivity (Wildman–Crippen MR) is 106 cm³/mol. The maximum atomic E-state index is 12.2. The Morgan fingerprint density at radius 3 is 2.57 bits per heavy atom. The van der Waals surface area contributed by atoms with Gasteiger partial charge in [-0.25, -0.2) is 0 Å². The minimum Gasteiger partial charge on any atom is -0.458 e. The van der Waals surface area contributed by atoms with Crippen LogP contribution in [0.25, 0.3) is 0 Å². The fourth-order valence-electron chi connectivity index (χ4n) is 9.66. The van der Waals surface area contributed by atoms with E-state index in [-0.39, 0.29) is 22.4 Å². The molecule has 6 aliphatic rings. The second kappa shape index (κ2) is 5.13. The molecule has 1 spiro atoms. The average molecular weight is 383 g/mol. The molecule has 3 nitrogen and oxygen atoms in total. The molecule has 5 fully saturated rings. The average Bonchev–Trinajstić information content (AvgIpc) is 3.32. The van der Waals surface area contributed by atoms with Crippen molar-refractivity contribution < 1.29 is 14.3 Å². The van der Waals surface area contributed by atoms with Crippen molar-refractivity contribution in [2.45, 2.75) is 78.2 Å². The molecule has 9 unspecified atom stereocenters. The van der Waals surface area contributed by atoms with E-state index in [1.807, 2.05) is 0 Å². The maximum Gasteiger partial charge on any atom is 0.306 e. The van der Waals surface area contributed by atoms with Crippen LogP contribution in [-0.4, -0.2) is 17.4 Å². The molecule has 0 aromatic rings. The molecule has 0 bridgehead atoms. The Bertz CT molecular complexity index is 813. The number of esters is 1. The van der Waals surface area contributed by atoms with Gasteiger partial charge in [0.1, 0.15) is 5.60 Å². The summed E-state index contributed by atoms with van der Waals surface area (Å²) in [4.78, 5) is 24.4. The first-order valence-electron chi connectivity index (χ1n) is 11.7. The first kappa shape index (κ1) is 17.7. The number of fused-ring (bicyclic) bond motifs is 9. The van der Waals surface area contributed by atoms with E-state index < -0.39 is 0 Å². The molecule has 6 rings (SSSR count). The number of carbonyl (C=O) groups excluding carboxylic acids is 2. The number of carbonyl (C=O) groups is 2. The molecule has 0 amide bonds. The van der Waals surface area contributed by atoms with Crippen LogP contribution in [0.15, 0.2) is 11.6 Å². The van der Waals surface area contributed by atoms with Gasteiger partial charge in [0.2, 0.25) is 0 Å². The van der Waals surface area contributed by atoms with E-state index in [0.29, 0.717) is 41.8 Å². The van der Waals surface area contributed by atoms with Gasteiger partial charge in [0.15, 0.2) is 5.78 Å². The Balaban J connectivity index is 1.45. The van der Waals surface area contributed by atoms with Crippen LogP contribution in [-0.2, 0) is 14.3 Å². The number of ketones is 1. The van der Waals surface area contributed by atoms with Crippen LogP contribution in [0.4, 0.5) is 0 Å². The van der Waals surface area contributed by atoms with E-state index in [9.17, 15) is 9.59 Å². The standard InChI is InChI=1S/C25H34O3/c1-13-14(2)25(10-7-20(27)28-25)24(4)9-6-18-21(22(13)24)17-12-16(17)19-11-15(26)5-8-23(18,19)3/h11,13-14,16-18,21-22H,5-10,12H2,1-4H3/t13-,14?,16?,17?,18?,21?,22?,23?,24?,25?/m1/s1. The zero-order valence-corrected chi connectivity index (χ0v) is 17.8. The number of allylic oxidation sites excluding steroid dienone is 1. The third kappa shape index (κ3) is 1.80. The molecule has 1 saturated heterocycles. The van der Waals surface area contributed by atoms with Crippen molar-refractivity contribution in [3.63, 3.8) is 0 Å². The molecule has 4 saturated carbocycles. The van der Waals surface area contributed by atoms with E-state index >= 15 is 0 Å². The molecule has 0 aromatic heterocycles. The highest BCUT2D eigenvalue weighted by Gasteiger charge is 2.75. The molecule has 3 heteroatoms. The van der Waals surface area contributed by atoms with Crippen molar-refractivity contribution >= 4 is 11.8 Å². The second-order valence-electron chi connectivity index (χ2n) is 11.7. The summed E-state index contributed by atoms with van der Waals surface area (Å²) in [6.45, 7) is 9.77. The van der Waals surface area contributed by atoms with Crippen molar-refractivity contribution in [3.8, 4) is 0 Å². The van der Waals surface area contributed by atoms with Crippen LogP contribution < -0.4 is 0 Å². The van der Waals surface area contributed by atoms with Gasteiger partial charge in [-0.1, -0.05) is 33.3 Å². The minimum absolute atomic E-state index is 0.0268. The first-order chi connectivity index (χ1) is 13.2. The summed E-state index contributed by atoms with van der Waals surface area (Å²) in [5, 5.41) is 0. The van der Waals surface area contributed by atoms with Crippen LogP contribution in [0, 0.1) is 52.3 Å². The Hall–Kier alpha value is -1.12. The summed E-state index contributed by atoms with van der Waals surface area (Å²) in [5.74, 6) is 4.96. The molecule has 0 aromatic carbocycles. The highest BCUT2D eigenvalue weighted by atomic mass is 16.6. The van der Waals surface area contributed by atoms with Crippen molar-refractivity contribution in [3.05, 3.63) is 11.6 Å². The highest BCUT2D eigenvalue weighted by molar-refractivity contribution is 5.92. The lowest BCUT2D eigenvalue weighted by Gasteiger charge is -2.59. The Labute approximate surface area is 168 Å². The number of hydrogen-bond donors (Lipinski definition) is 0. The van der Waals surface area contributed by atoms with E-state index in [4.69, 9.17) is 4.74 Å². The quantitative estimate of drug-likeness (QED) is 0.557. The summed E-state index contributed by atoms with van der Waals surface area (Å²) < 4.78 is 6.24. The van der Waals surface area contributed by atoms with Crippen LogP contribution in [0.2, 0.25) is 0 Å². The summed E-state index contributed by atoms with van der Waals surface area (Å²) >= 11 is 0. The molecule has 5 aliphatic carbocycles. The predicted octanol–water partition coefficient (Wildman–Crippen LogP) is 4.94. The van der Waals surface area contributed by atoms with Crippen LogP contribution in [0.3, 0.4) is 0 Å². The molecular formula is C25H34O3. The Morgan fingerprint density at radius 1 is 1.07 bits per heavy atom. The molecular weight excluding hydrogens is 348 g/mol. The van der Waals surface area contributed by atoms with Gasteiger partial charge in [-0.3, -0.25) is 9.59 Å². The lowest BCUT2D eigenvalue weighted by atomic mass is 9.45. The van der Waals surface area contributed by atoms with E-state index in [1.54, 1.807) is 0 Å². The summed E-state index contributed by atoms with van der Waals surface area (Å²) in [6.07, 6.45) is 9.07. The topological polar surface area (TPSA) is 43.4 Å². The smallest absolute Gasteiger partial charge is 0.306 e.